The second-order valence-electron chi connectivity index (χ2n) is 7.37. The summed E-state index contributed by atoms with van der Waals surface area (Å²) in [5.41, 5.74) is 0.995. The minimum atomic E-state index is 0.186. The summed E-state index contributed by atoms with van der Waals surface area (Å²) in [5.74, 6) is 2.17. The van der Waals surface area contributed by atoms with Crippen LogP contribution in [0.1, 0.15) is 26.2 Å². The highest BCUT2D eigenvalue weighted by atomic mass is 16.5. The van der Waals surface area contributed by atoms with Gasteiger partial charge in [0.15, 0.2) is 11.5 Å². The van der Waals surface area contributed by atoms with Crippen LogP contribution in [0.15, 0.2) is 48.5 Å². The van der Waals surface area contributed by atoms with Crippen molar-refractivity contribution in [3.05, 3.63) is 48.5 Å². The Labute approximate surface area is 179 Å². The fraction of sp³-hybridized carbons (Fsp3) is 0.458. The highest BCUT2D eigenvalue weighted by molar-refractivity contribution is 5.93. The fourth-order valence-electron chi connectivity index (χ4n) is 3.95. The molecule has 30 heavy (non-hydrogen) atoms. The molecule has 6 nitrogen and oxygen atoms in total. The average molecular weight is 413 g/mol. The van der Waals surface area contributed by atoms with E-state index in [1.165, 1.54) is 0 Å². The number of nitrogens with zero attached hydrogens (tertiary/aromatic N) is 2. The van der Waals surface area contributed by atoms with E-state index in [-0.39, 0.29) is 11.9 Å². The highest BCUT2D eigenvalue weighted by Gasteiger charge is 2.28. The summed E-state index contributed by atoms with van der Waals surface area (Å²) < 4.78 is 16.8. The molecule has 1 amide bonds. The lowest BCUT2D eigenvalue weighted by atomic mass is 10.0. The van der Waals surface area contributed by atoms with E-state index >= 15 is 0 Å². The van der Waals surface area contributed by atoms with Gasteiger partial charge in [0.2, 0.25) is 11.7 Å². The fourth-order valence-corrected chi connectivity index (χ4v) is 3.95. The van der Waals surface area contributed by atoms with Crippen LogP contribution in [0.25, 0.3) is 0 Å². The molecule has 0 atom stereocenters. The third-order valence-corrected chi connectivity index (χ3v) is 5.56. The molecule has 162 valence electrons. The van der Waals surface area contributed by atoms with E-state index in [1.807, 2.05) is 60.4 Å². The van der Waals surface area contributed by atoms with Crippen molar-refractivity contribution >= 4 is 11.6 Å². The number of rotatable bonds is 9. The van der Waals surface area contributed by atoms with Crippen molar-refractivity contribution < 1.29 is 19.0 Å². The van der Waals surface area contributed by atoms with E-state index in [1.54, 1.807) is 14.2 Å². The van der Waals surface area contributed by atoms with E-state index in [9.17, 15) is 4.79 Å². The molecule has 0 aromatic heterocycles. The van der Waals surface area contributed by atoms with Crippen LogP contribution in [0.4, 0.5) is 5.69 Å². The number of likely N-dealkylation sites (tertiary alicyclic amines) is 1. The van der Waals surface area contributed by atoms with E-state index < -0.39 is 0 Å². The Balaban J connectivity index is 1.54. The number of para-hydroxylation sites is 2. The van der Waals surface area contributed by atoms with Gasteiger partial charge < -0.3 is 19.1 Å². The largest absolute Gasteiger partial charge is 0.493 e. The smallest absolute Gasteiger partial charge is 0.226 e. The molecule has 0 spiro atoms. The third kappa shape index (κ3) is 5.25. The van der Waals surface area contributed by atoms with Crippen LogP contribution < -0.4 is 19.1 Å². The van der Waals surface area contributed by atoms with Gasteiger partial charge in [-0.3, -0.25) is 9.69 Å². The van der Waals surface area contributed by atoms with Crippen molar-refractivity contribution in [3.8, 4) is 17.2 Å². The molecule has 0 N–H and O–H groups in total. The Bertz CT molecular complexity index is 782. The number of methoxy groups -OCH3 is 2. The number of hydrogen-bond donors (Lipinski definition) is 0. The van der Waals surface area contributed by atoms with Gasteiger partial charge >= 0.3 is 0 Å². The third-order valence-electron chi connectivity index (χ3n) is 5.56. The Morgan fingerprint density at radius 1 is 1.00 bits per heavy atom. The van der Waals surface area contributed by atoms with Gasteiger partial charge in [0.05, 0.1) is 14.2 Å². The van der Waals surface area contributed by atoms with Gasteiger partial charge in [-0.25, -0.2) is 0 Å². The van der Waals surface area contributed by atoms with Crippen LogP contribution in [-0.2, 0) is 4.79 Å². The standard InChI is InChI=1S/C24H32N2O4/c1-4-23(27)26(19-9-6-5-7-10-19)20-13-15-25(16-14-20)17-18-30-24-21(28-2)11-8-12-22(24)29-3/h5-12,20H,4,13-18H2,1-3H3. The Morgan fingerprint density at radius 2 is 1.63 bits per heavy atom. The van der Waals surface area contributed by atoms with Crippen molar-refractivity contribution in [3.63, 3.8) is 0 Å². The van der Waals surface area contributed by atoms with Crippen molar-refractivity contribution in [2.24, 2.45) is 0 Å². The van der Waals surface area contributed by atoms with Gasteiger partial charge in [0, 0.05) is 37.8 Å². The Hall–Kier alpha value is -2.73. The minimum Gasteiger partial charge on any atom is -0.493 e. The highest BCUT2D eigenvalue weighted by Crippen LogP contribution is 2.36. The van der Waals surface area contributed by atoms with Gasteiger partial charge in [0.1, 0.15) is 6.61 Å². The molecule has 3 rings (SSSR count). The molecule has 0 unspecified atom stereocenters. The molecule has 1 aliphatic heterocycles. The Morgan fingerprint density at radius 3 is 2.20 bits per heavy atom. The first-order valence-corrected chi connectivity index (χ1v) is 10.6. The topological polar surface area (TPSA) is 51.2 Å². The molecule has 1 fully saturated rings. The summed E-state index contributed by atoms with van der Waals surface area (Å²) >= 11 is 0. The quantitative estimate of drug-likeness (QED) is 0.623. The van der Waals surface area contributed by atoms with E-state index in [2.05, 4.69) is 4.90 Å². The van der Waals surface area contributed by atoms with E-state index in [0.717, 1.165) is 38.2 Å². The second kappa shape index (κ2) is 10.9. The lowest BCUT2D eigenvalue weighted by Gasteiger charge is -2.38. The number of anilines is 1. The number of carbonyl (C=O) groups excluding carboxylic acids is 1. The summed E-state index contributed by atoms with van der Waals surface area (Å²) in [4.78, 5) is 17.0. The second-order valence-corrected chi connectivity index (χ2v) is 7.37. The first-order valence-electron chi connectivity index (χ1n) is 10.6. The molecule has 0 aliphatic carbocycles. The first-order chi connectivity index (χ1) is 14.7. The molecular weight excluding hydrogens is 380 g/mol. The Kier molecular flexibility index (Phi) is 7.97. The lowest BCUT2D eigenvalue weighted by Crippen LogP contribution is -2.48. The molecular formula is C24H32N2O4. The zero-order chi connectivity index (χ0) is 21.3. The van der Waals surface area contributed by atoms with Gasteiger partial charge in [-0.15, -0.1) is 0 Å². The van der Waals surface area contributed by atoms with E-state index in [4.69, 9.17) is 14.2 Å². The summed E-state index contributed by atoms with van der Waals surface area (Å²) in [6.45, 7) is 5.18. The summed E-state index contributed by atoms with van der Waals surface area (Å²) in [6.07, 6.45) is 2.43. The predicted molar refractivity (Wildman–Crippen MR) is 119 cm³/mol. The zero-order valence-electron chi connectivity index (χ0n) is 18.2. The minimum absolute atomic E-state index is 0.186. The number of hydrogen-bond acceptors (Lipinski definition) is 5. The maximum absolute atomic E-state index is 12.6. The molecule has 1 saturated heterocycles. The maximum Gasteiger partial charge on any atom is 0.226 e. The first kappa shape index (κ1) is 22.0. The van der Waals surface area contributed by atoms with Crippen molar-refractivity contribution in [2.45, 2.75) is 32.2 Å². The normalized spacial score (nSPS) is 14.9. The maximum atomic E-state index is 12.6. The van der Waals surface area contributed by atoms with Crippen molar-refractivity contribution in [1.82, 2.24) is 4.90 Å². The van der Waals surface area contributed by atoms with E-state index in [0.29, 0.717) is 30.3 Å². The van der Waals surface area contributed by atoms with Crippen LogP contribution in [0, 0.1) is 0 Å². The molecule has 1 heterocycles. The molecule has 2 aromatic rings. The monoisotopic (exact) mass is 412 g/mol. The van der Waals surface area contributed by atoms with Gasteiger partial charge in [-0.1, -0.05) is 31.2 Å². The number of carbonyl (C=O) groups is 1. The molecule has 0 bridgehead atoms. The number of amides is 1. The van der Waals surface area contributed by atoms with Crippen LogP contribution >= 0.6 is 0 Å². The average Bonchev–Trinajstić information content (AvgIpc) is 2.80. The summed E-state index contributed by atoms with van der Waals surface area (Å²) in [7, 11) is 3.25. The van der Waals surface area contributed by atoms with Crippen molar-refractivity contribution in [2.75, 3.05) is 45.4 Å². The van der Waals surface area contributed by atoms with Crippen LogP contribution in [-0.4, -0.2) is 57.3 Å². The summed E-state index contributed by atoms with van der Waals surface area (Å²) in [6, 6.07) is 15.9. The van der Waals surface area contributed by atoms with Gasteiger partial charge in [0.25, 0.3) is 0 Å². The number of ether oxygens (including phenoxy) is 3. The molecule has 0 radical (unpaired) electrons. The molecule has 6 heteroatoms. The number of benzene rings is 2. The van der Waals surface area contributed by atoms with Crippen molar-refractivity contribution in [1.29, 1.82) is 0 Å². The van der Waals surface area contributed by atoms with Crippen LogP contribution in [0.3, 0.4) is 0 Å². The van der Waals surface area contributed by atoms with Crippen LogP contribution in [0.2, 0.25) is 0 Å². The summed E-state index contributed by atoms with van der Waals surface area (Å²) in [5, 5.41) is 0. The zero-order valence-corrected chi connectivity index (χ0v) is 18.2. The predicted octanol–water partition coefficient (Wildman–Crippen LogP) is 3.99. The number of piperidine rings is 1. The van der Waals surface area contributed by atoms with Gasteiger partial charge in [-0.05, 0) is 37.1 Å². The van der Waals surface area contributed by atoms with Gasteiger partial charge in [-0.2, -0.15) is 0 Å². The molecule has 1 aliphatic rings. The lowest BCUT2D eigenvalue weighted by molar-refractivity contribution is -0.119. The van der Waals surface area contributed by atoms with Crippen LogP contribution in [0.5, 0.6) is 17.2 Å². The molecule has 0 saturated carbocycles. The molecule has 2 aromatic carbocycles. The SMILES string of the molecule is CCC(=O)N(c1ccccc1)C1CCN(CCOc2c(OC)cccc2OC)CC1.